The Morgan fingerprint density at radius 2 is 1.95 bits per heavy atom. The third-order valence-corrected chi connectivity index (χ3v) is 3.20. The lowest BCUT2D eigenvalue weighted by Crippen LogP contribution is -2.06. The Morgan fingerprint density at radius 3 is 2.67 bits per heavy atom. The highest BCUT2D eigenvalue weighted by molar-refractivity contribution is 5.41. The van der Waals surface area contributed by atoms with Gasteiger partial charge in [-0.1, -0.05) is 29.8 Å². The number of nitro benzene ring substituents is 1. The largest absolute Gasteiger partial charge is 0.488 e. The summed E-state index contributed by atoms with van der Waals surface area (Å²) in [7, 11) is 0. The second kappa shape index (κ2) is 6.85. The van der Waals surface area contributed by atoms with E-state index in [2.05, 4.69) is 0 Å². The van der Waals surface area contributed by atoms with Gasteiger partial charge < -0.3 is 10.5 Å². The maximum Gasteiger partial charge on any atom is 0.276 e. The van der Waals surface area contributed by atoms with Crippen LogP contribution in [0.25, 0.3) is 0 Å². The number of ether oxygens (including phenoxy) is 1. The van der Waals surface area contributed by atoms with Gasteiger partial charge in [0.05, 0.1) is 10.5 Å². The summed E-state index contributed by atoms with van der Waals surface area (Å²) in [5.74, 6) is 0.726. The average molecular weight is 286 g/mol. The van der Waals surface area contributed by atoms with Gasteiger partial charge in [0.1, 0.15) is 12.4 Å². The van der Waals surface area contributed by atoms with Crippen molar-refractivity contribution >= 4 is 5.69 Å². The van der Waals surface area contributed by atoms with Gasteiger partial charge in [0, 0.05) is 6.07 Å². The molecule has 0 bridgehead atoms. The van der Waals surface area contributed by atoms with Crippen molar-refractivity contribution < 1.29 is 9.66 Å². The van der Waals surface area contributed by atoms with E-state index in [1.54, 1.807) is 18.2 Å². The van der Waals surface area contributed by atoms with Gasteiger partial charge in [-0.3, -0.25) is 10.1 Å². The van der Waals surface area contributed by atoms with Crippen molar-refractivity contribution in [2.24, 2.45) is 5.73 Å². The van der Waals surface area contributed by atoms with Crippen LogP contribution in [0.5, 0.6) is 5.75 Å². The number of hydrogen-bond acceptors (Lipinski definition) is 4. The van der Waals surface area contributed by atoms with Crippen LogP contribution in [-0.2, 0) is 13.0 Å². The van der Waals surface area contributed by atoms with Crippen molar-refractivity contribution in [1.82, 2.24) is 0 Å². The lowest BCUT2D eigenvalue weighted by Gasteiger charge is -2.12. The van der Waals surface area contributed by atoms with Gasteiger partial charge in [0.15, 0.2) is 0 Å². The molecule has 0 fully saturated rings. The number of hydrogen-bond donors (Lipinski definition) is 1. The molecule has 21 heavy (non-hydrogen) atoms. The van der Waals surface area contributed by atoms with E-state index in [1.807, 2.05) is 25.1 Å². The molecule has 2 aromatic carbocycles. The van der Waals surface area contributed by atoms with E-state index in [9.17, 15) is 10.1 Å². The highest BCUT2D eigenvalue weighted by Crippen LogP contribution is 2.24. The molecule has 0 aliphatic carbocycles. The number of nitro groups is 1. The number of nitrogens with two attached hydrogens (primary N) is 1. The summed E-state index contributed by atoms with van der Waals surface area (Å²) >= 11 is 0. The average Bonchev–Trinajstić information content (AvgIpc) is 2.47. The first-order chi connectivity index (χ1) is 10.1. The smallest absolute Gasteiger partial charge is 0.276 e. The molecule has 2 N–H and O–H groups in total. The molecule has 0 unspecified atom stereocenters. The molecule has 0 aliphatic heterocycles. The van der Waals surface area contributed by atoms with Crippen LogP contribution >= 0.6 is 0 Å². The molecule has 2 rings (SSSR count). The van der Waals surface area contributed by atoms with Crippen LogP contribution in [0.2, 0.25) is 0 Å². The summed E-state index contributed by atoms with van der Waals surface area (Å²) in [5, 5.41) is 11.0. The number of rotatable bonds is 6. The summed E-state index contributed by atoms with van der Waals surface area (Å²) in [4.78, 5) is 10.6. The summed E-state index contributed by atoms with van der Waals surface area (Å²) < 4.78 is 5.76. The molecule has 0 aromatic heterocycles. The standard InChI is InChI=1S/C16H18N2O3/c1-12-6-7-16(13(10-12)8-9-17)21-11-14-4-2-3-5-15(14)18(19)20/h2-7,10H,8-9,11,17H2,1H3. The fourth-order valence-corrected chi connectivity index (χ4v) is 2.17. The molecule has 0 aliphatic rings. The Bertz CT molecular complexity index is 641. The van der Waals surface area contributed by atoms with Crippen molar-refractivity contribution in [2.75, 3.05) is 6.54 Å². The molecule has 2 aromatic rings. The van der Waals surface area contributed by atoms with Crippen molar-refractivity contribution in [2.45, 2.75) is 20.0 Å². The Kier molecular flexibility index (Phi) is 4.90. The minimum atomic E-state index is -0.394. The SMILES string of the molecule is Cc1ccc(OCc2ccccc2[N+](=O)[O-])c(CCN)c1. The van der Waals surface area contributed by atoms with Crippen molar-refractivity contribution in [3.8, 4) is 5.75 Å². The normalized spacial score (nSPS) is 10.4. The predicted octanol–water partition coefficient (Wildman–Crippen LogP) is 2.98. The number of para-hydroxylation sites is 1. The summed E-state index contributed by atoms with van der Waals surface area (Å²) in [5.41, 5.74) is 8.40. The van der Waals surface area contributed by atoms with Crippen molar-refractivity contribution in [3.63, 3.8) is 0 Å². The van der Waals surface area contributed by atoms with Crippen LogP contribution in [0.3, 0.4) is 0 Å². The second-order valence-corrected chi connectivity index (χ2v) is 4.82. The van der Waals surface area contributed by atoms with Gasteiger partial charge in [-0.2, -0.15) is 0 Å². The van der Waals surface area contributed by atoms with Gasteiger partial charge in [-0.05, 0) is 37.6 Å². The molecule has 5 heteroatoms. The fourth-order valence-electron chi connectivity index (χ4n) is 2.17. The molecule has 0 saturated heterocycles. The number of aryl methyl sites for hydroxylation is 1. The Balaban J connectivity index is 2.19. The Labute approximate surface area is 123 Å². The Hall–Kier alpha value is -2.40. The lowest BCUT2D eigenvalue weighted by molar-refractivity contribution is -0.385. The van der Waals surface area contributed by atoms with E-state index in [4.69, 9.17) is 10.5 Å². The minimum Gasteiger partial charge on any atom is -0.488 e. The van der Waals surface area contributed by atoms with Gasteiger partial charge in [-0.25, -0.2) is 0 Å². The molecule has 0 saturated carbocycles. The predicted molar refractivity (Wildman–Crippen MR) is 81.4 cm³/mol. The number of nitrogens with zero attached hydrogens (tertiary/aromatic N) is 1. The zero-order chi connectivity index (χ0) is 15.2. The molecule has 5 nitrogen and oxygen atoms in total. The van der Waals surface area contributed by atoms with E-state index in [0.717, 1.165) is 16.9 Å². The molecule has 0 amide bonds. The van der Waals surface area contributed by atoms with E-state index in [1.165, 1.54) is 6.07 Å². The number of benzene rings is 2. The molecule has 0 radical (unpaired) electrons. The highest BCUT2D eigenvalue weighted by Gasteiger charge is 2.13. The van der Waals surface area contributed by atoms with Gasteiger partial charge in [0.25, 0.3) is 5.69 Å². The van der Waals surface area contributed by atoms with Gasteiger partial charge in [-0.15, -0.1) is 0 Å². The molecule has 0 spiro atoms. The van der Waals surface area contributed by atoms with Crippen molar-refractivity contribution in [3.05, 3.63) is 69.3 Å². The zero-order valence-electron chi connectivity index (χ0n) is 11.9. The van der Waals surface area contributed by atoms with Gasteiger partial charge in [0.2, 0.25) is 0 Å². The molecule has 0 heterocycles. The summed E-state index contributed by atoms with van der Waals surface area (Å²) in [6, 6.07) is 12.5. The fraction of sp³-hybridized carbons (Fsp3) is 0.250. The highest BCUT2D eigenvalue weighted by atomic mass is 16.6. The van der Waals surface area contributed by atoms with Crippen LogP contribution in [0.4, 0.5) is 5.69 Å². The van der Waals surface area contributed by atoms with E-state index in [0.29, 0.717) is 18.5 Å². The van der Waals surface area contributed by atoms with Crippen LogP contribution in [0, 0.1) is 17.0 Å². The molecular weight excluding hydrogens is 268 g/mol. The first-order valence-electron chi connectivity index (χ1n) is 6.76. The monoisotopic (exact) mass is 286 g/mol. The van der Waals surface area contributed by atoms with E-state index < -0.39 is 4.92 Å². The van der Waals surface area contributed by atoms with Crippen LogP contribution < -0.4 is 10.5 Å². The maximum atomic E-state index is 11.0. The van der Waals surface area contributed by atoms with Crippen molar-refractivity contribution in [1.29, 1.82) is 0 Å². The van der Waals surface area contributed by atoms with E-state index >= 15 is 0 Å². The molecular formula is C16H18N2O3. The first-order valence-corrected chi connectivity index (χ1v) is 6.76. The van der Waals surface area contributed by atoms with E-state index in [-0.39, 0.29) is 12.3 Å². The molecule has 0 atom stereocenters. The second-order valence-electron chi connectivity index (χ2n) is 4.82. The Morgan fingerprint density at radius 1 is 1.19 bits per heavy atom. The van der Waals surface area contributed by atoms with Gasteiger partial charge >= 0.3 is 0 Å². The van der Waals surface area contributed by atoms with Crippen LogP contribution in [0.1, 0.15) is 16.7 Å². The third-order valence-electron chi connectivity index (χ3n) is 3.20. The quantitative estimate of drug-likeness (QED) is 0.654. The van der Waals surface area contributed by atoms with Crippen LogP contribution in [0.15, 0.2) is 42.5 Å². The summed E-state index contributed by atoms with van der Waals surface area (Å²) in [6.07, 6.45) is 0.716. The minimum absolute atomic E-state index is 0.0741. The molecule has 110 valence electrons. The topological polar surface area (TPSA) is 78.4 Å². The first kappa shape index (κ1) is 15.0. The third kappa shape index (κ3) is 3.79. The maximum absolute atomic E-state index is 11.0. The summed E-state index contributed by atoms with van der Waals surface area (Å²) in [6.45, 7) is 2.70. The van der Waals surface area contributed by atoms with Crippen LogP contribution in [-0.4, -0.2) is 11.5 Å². The lowest BCUT2D eigenvalue weighted by atomic mass is 10.1. The zero-order valence-corrected chi connectivity index (χ0v) is 11.9.